The minimum atomic E-state index is -3.32. The molecule has 28 heavy (non-hydrogen) atoms. The Balaban J connectivity index is 0.00000192. The second-order valence-corrected chi connectivity index (χ2v) is 10.6. The third-order valence-corrected chi connectivity index (χ3v) is 9.33. The number of fused-ring (bicyclic) bond motifs is 4. The second kappa shape index (κ2) is 8.23. The average molecular weight is 426 g/mol. The number of halogens is 1. The molecule has 0 spiro atoms. The largest absolute Gasteiger partial charge is 0.296 e. The number of piperidine rings is 3. The molecule has 0 N–H and O–H groups in total. The molecule has 5 rings (SSSR count). The van der Waals surface area contributed by atoms with E-state index in [1.807, 2.05) is 4.31 Å². The first-order chi connectivity index (χ1) is 13.1. The summed E-state index contributed by atoms with van der Waals surface area (Å²) in [5.74, 6) is 0.486. The van der Waals surface area contributed by atoms with E-state index in [4.69, 9.17) is 0 Å². The van der Waals surface area contributed by atoms with Crippen molar-refractivity contribution in [2.24, 2.45) is 5.92 Å². The van der Waals surface area contributed by atoms with Crippen LogP contribution in [0.5, 0.6) is 0 Å². The van der Waals surface area contributed by atoms with Crippen LogP contribution in [0.1, 0.15) is 55.7 Å². The van der Waals surface area contributed by atoms with Gasteiger partial charge in [0.15, 0.2) is 0 Å². The Kier molecular flexibility index (Phi) is 6.05. The molecule has 156 valence electrons. The summed E-state index contributed by atoms with van der Waals surface area (Å²) in [6, 6.07) is 9.33. The Labute approximate surface area is 175 Å². The van der Waals surface area contributed by atoms with Crippen molar-refractivity contribution in [2.45, 2.75) is 57.0 Å². The summed E-state index contributed by atoms with van der Waals surface area (Å²) in [5.41, 5.74) is 2.89. The molecule has 3 fully saturated rings. The van der Waals surface area contributed by atoms with Crippen molar-refractivity contribution in [1.29, 1.82) is 0 Å². The smallest absolute Gasteiger partial charge is 0.282 e. The molecule has 0 bridgehead atoms. The molecule has 4 aliphatic heterocycles. The van der Waals surface area contributed by atoms with Crippen LogP contribution in [-0.2, 0) is 16.6 Å². The predicted molar refractivity (Wildman–Crippen MR) is 114 cm³/mol. The molecule has 0 amide bonds. The molecule has 1 aromatic carbocycles. The fraction of sp³-hybridized carbons (Fsp3) is 0.714. The summed E-state index contributed by atoms with van der Waals surface area (Å²) in [6.07, 6.45) is 7.42. The van der Waals surface area contributed by atoms with Gasteiger partial charge in [0.05, 0.1) is 0 Å². The van der Waals surface area contributed by atoms with Crippen LogP contribution < -0.4 is 0 Å². The highest BCUT2D eigenvalue weighted by molar-refractivity contribution is 7.86. The van der Waals surface area contributed by atoms with Gasteiger partial charge >= 0.3 is 0 Å². The number of hydrogen-bond acceptors (Lipinski definition) is 3. The third-order valence-electron chi connectivity index (χ3n) is 7.26. The van der Waals surface area contributed by atoms with Crippen molar-refractivity contribution in [3.05, 3.63) is 35.4 Å². The summed E-state index contributed by atoms with van der Waals surface area (Å²) in [5, 5.41) is 0. The second-order valence-electron chi connectivity index (χ2n) is 8.74. The van der Waals surface area contributed by atoms with E-state index in [-0.39, 0.29) is 18.4 Å². The first kappa shape index (κ1) is 20.6. The van der Waals surface area contributed by atoms with Gasteiger partial charge in [0, 0.05) is 44.8 Å². The van der Waals surface area contributed by atoms with Crippen LogP contribution in [0.4, 0.5) is 0 Å². The summed E-state index contributed by atoms with van der Waals surface area (Å²) < 4.78 is 30.5. The fourth-order valence-corrected chi connectivity index (χ4v) is 7.86. The first-order valence-corrected chi connectivity index (χ1v) is 12.1. The molecule has 0 aromatic heterocycles. The van der Waals surface area contributed by atoms with Crippen LogP contribution in [0.2, 0.25) is 0 Å². The summed E-state index contributed by atoms with van der Waals surface area (Å²) in [7, 11) is -3.32. The van der Waals surface area contributed by atoms with E-state index in [9.17, 15) is 8.42 Å². The summed E-state index contributed by atoms with van der Waals surface area (Å²) in [6.45, 7) is 4.27. The monoisotopic (exact) mass is 425 g/mol. The zero-order valence-corrected chi connectivity index (χ0v) is 18.1. The van der Waals surface area contributed by atoms with E-state index in [1.54, 1.807) is 4.31 Å². The molecule has 0 radical (unpaired) electrons. The molecule has 3 saturated heterocycles. The SMILES string of the molecule is Cl.O=S(=O)(N1CCCCC1)N1CCC[C@@H]2CN3CCc4ccccc4[C@H]3C[C@@H]21. The van der Waals surface area contributed by atoms with Crippen molar-refractivity contribution in [1.82, 2.24) is 13.5 Å². The molecule has 5 nitrogen and oxygen atoms in total. The number of benzene rings is 1. The molecule has 4 heterocycles. The zero-order chi connectivity index (χ0) is 18.4. The van der Waals surface area contributed by atoms with Crippen LogP contribution in [0.25, 0.3) is 0 Å². The molecular formula is C21H32ClN3O2S. The predicted octanol–water partition coefficient (Wildman–Crippen LogP) is 3.22. The quantitative estimate of drug-likeness (QED) is 0.730. The van der Waals surface area contributed by atoms with Gasteiger partial charge in [-0.2, -0.15) is 17.0 Å². The maximum absolute atomic E-state index is 13.4. The molecule has 0 aliphatic carbocycles. The van der Waals surface area contributed by atoms with E-state index in [0.717, 1.165) is 51.6 Å². The van der Waals surface area contributed by atoms with Crippen molar-refractivity contribution >= 4 is 22.6 Å². The Morgan fingerprint density at radius 1 is 0.929 bits per heavy atom. The lowest BCUT2D eigenvalue weighted by Gasteiger charge is -2.52. The van der Waals surface area contributed by atoms with Crippen molar-refractivity contribution in [3.63, 3.8) is 0 Å². The summed E-state index contributed by atoms with van der Waals surface area (Å²) >= 11 is 0. The zero-order valence-electron chi connectivity index (χ0n) is 16.5. The van der Waals surface area contributed by atoms with Crippen LogP contribution in [0.3, 0.4) is 0 Å². The van der Waals surface area contributed by atoms with Crippen molar-refractivity contribution in [3.8, 4) is 0 Å². The normalized spacial score (nSPS) is 31.9. The van der Waals surface area contributed by atoms with Crippen molar-refractivity contribution < 1.29 is 8.42 Å². The van der Waals surface area contributed by atoms with Crippen LogP contribution in [0.15, 0.2) is 24.3 Å². The maximum Gasteiger partial charge on any atom is 0.282 e. The van der Waals surface area contributed by atoms with Crippen LogP contribution in [0, 0.1) is 5.92 Å². The van der Waals surface area contributed by atoms with Gasteiger partial charge in [-0.1, -0.05) is 30.7 Å². The molecule has 0 saturated carbocycles. The van der Waals surface area contributed by atoms with E-state index < -0.39 is 10.2 Å². The molecule has 3 atom stereocenters. The van der Waals surface area contributed by atoms with E-state index >= 15 is 0 Å². The van der Waals surface area contributed by atoms with E-state index in [1.165, 1.54) is 17.5 Å². The highest BCUT2D eigenvalue weighted by atomic mass is 35.5. The van der Waals surface area contributed by atoms with Gasteiger partial charge in [0.25, 0.3) is 10.2 Å². The maximum atomic E-state index is 13.4. The molecular weight excluding hydrogens is 394 g/mol. The molecule has 1 aromatic rings. The first-order valence-electron chi connectivity index (χ1n) is 10.7. The van der Waals surface area contributed by atoms with Gasteiger partial charge in [0.1, 0.15) is 0 Å². The minimum absolute atomic E-state index is 0. The Morgan fingerprint density at radius 3 is 2.54 bits per heavy atom. The number of nitrogens with zero attached hydrogens (tertiary/aromatic N) is 3. The average Bonchev–Trinajstić information content (AvgIpc) is 2.72. The molecule has 4 aliphatic rings. The highest BCUT2D eigenvalue weighted by Gasteiger charge is 2.47. The van der Waals surface area contributed by atoms with Crippen LogP contribution in [-0.4, -0.2) is 60.7 Å². The van der Waals surface area contributed by atoms with Gasteiger partial charge in [-0.25, -0.2) is 0 Å². The Morgan fingerprint density at radius 2 is 1.71 bits per heavy atom. The lowest BCUT2D eigenvalue weighted by molar-refractivity contribution is 0.0195. The van der Waals surface area contributed by atoms with Crippen molar-refractivity contribution in [2.75, 3.05) is 32.7 Å². The van der Waals surface area contributed by atoms with Gasteiger partial charge in [-0.15, -0.1) is 12.4 Å². The minimum Gasteiger partial charge on any atom is -0.296 e. The fourth-order valence-electron chi connectivity index (χ4n) is 5.88. The standard InChI is InChI=1S/C21H31N3O2S.ClH/c25-27(26,23-11-4-1-5-12-23)24-13-6-8-18-16-22-14-10-17-7-2-3-9-19(17)21(22)15-20(18)24;/h2-3,7,9,18,20-21H,1,4-6,8,10-16H2;1H/t18-,20+,21-;/m1./s1. The van der Waals surface area contributed by atoms with Gasteiger partial charge in [-0.3, -0.25) is 4.90 Å². The van der Waals surface area contributed by atoms with E-state index in [0.29, 0.717) is 31.6 Å². The topological polar surface area (TPSA) is 43.9 Å². The van der Waals surface area contributed by atoms with E-state index in [2.05, 4.69) is 29.2 Å². The number of hydrogen-bond donors (Lipinski definition) is 0. The third kappa shape index (κ3) is 3.52. The lowest BCUT2D eigenvalue weighted by atomic mass is 9.77. The molecule has 7 heteroatoms. The number of rotatable bonds is 2. The molecule has 0 unspecified atom stereocenters. The Bertz CT molecular complexity index is 797. The summed E-state index contributed by atoms with van der Waals surface area (Å²) in [4.78, 5) is 2.63. The van der Waals surface area contributed by atoms with Crippen LogP contribution >= 0.6 is 12.4 Å². The van der Waals surface area contributed by atoms with Gasteiger partial charge < -0.3 is 0 Å². The lowest BCUT2D eigenvalue weighted by Crippen LogP contribution is -2.60. The highest BCUT2D eigenvalue weighted by Crippen LogP contribution is 2.43. The van der Waals surface area contributed by atoms with Gasteiger partial charge in [0.2, 0.25) is 0 Å². The Hall–Kier alpha value is -0.660. The van der Waals surface area contributed by atoms with Gasteiger partial charge in [-0.05, 0) is 55.6 Å².